The fraction of sp³-hybridized carbons (Fsp3) is 0.0625. The summed E-state index contributed by atoms with van der Waals surface area (Å²) in [7, 11) is 0. The molecular formula is C16H10ClNO4. The number of halogens is 1. The van der Waals surface area contributed by atoms with Gasteiger partial charge in [-0.2, -0.15) is 0 Å². The Bertz CT molecular complexity index is 861. The van der Waals surface area contributed by atoms with Crippen LogP contribution in [0.5, 0.6) is 11.5 Å². The molecule has 1 unspecified atom stereocenters. The van der Waals surface area contributed by atoms with Gasteiger partial charge in [-0.05, 0) is 12.1 Å². The Balaban J connectivity index is 1.99. The Labute approximate surface area is 130 Å². The maximum atomic E-state index is 12.3. The average Bonchev–Trinajstić information content (AvgIpc) is 2.52. The highest BCUT2D eigenvalue weighted by Crippen LogP contribution is 2.48. The van der Waals surface area contributed by atoms with E-state index >= 15 is 0 Å². The van der Waals surface area contributed by atoms with Crippen LogP contribution in [-0.4, -0.2) is 16.0 Å². The molecule has 0 saturated carbocycles. The summed E-state index contributed by atoms with van der Waals surface area (Å²) in [6.07, 6.45) is 0. The van der Waals surface area contributed by atoms with Crippen LogP contribution in [0.15, 0.2) is 53.2 Å². The molecule has 1 aliphatic heterocycles. The first-order valence-electron chi connectivity index (χ1n) is 6.56. The molecule has 6 heteroatoms. The summed E-state index contributed by atoms with van der Waals surface area (Å²) in [6.45, 7) is 0. The van der Waals surface area contributed by atoms with Crippen LogP contribution < -0.4 is 10.1 Å². The zero-order chi connectivity index (χ0) is 15.5. The van der Waals surface area contributed by atoms with Gasteiger partial charge in [-0.15, -0.1) is 0 Å². The number of benzene rings is 2. The minimum atomic E-state index is -1.90. The number of phenolic OH excluding ortho intramolecular Hbond substituents is 1. The molecule has 1 atom stereocenters. The summed E-state index contributed by atoms with van der Waals surface area (Å²) in [6, 6.07) is 11.0. The number of anilines is 1. The topological polar surface area (TPSA) is 78.8 Å². The number of phenols is 1. The first kappa shape index (κ1) is 13.2. The van der Waals surface area contributed by atoms with Crippen LogP contribution in [0.1, 0.15) is 15.9 Å². The van der Waals surface area contributed by atoms with E-state index in [4.69, 9.17) is 16.3 Å². The normalized spacial score (nSPS) is 22.2. The van der Waals surface area contributed by atoms with Crippen molar-refractivity contribution >= 4 is 23.1 Å². The SMILES string of the molecule is O=C1C(Cl)=C2Nc3ccc(O)cc3OC2(O)c2ccccc21. The molecule has 22 heavy (non-hydrogen) atoms. The molecular weight excluding hydrogens is 306 g/mol. The largest absolute Gasteiger partial charge is 0.508 e. The molecule has 2 aromatic carbocycles. The third-order valence-corrected chi connectivity index (χ3v) is 4.14. The quantitative estimate of drug-likeness (QED) is 0.651. The fourth-order valence-corrected chi connectivity index (χ4v) is 3.01. The molecule has 3 N–H and O–H groups in total. The van der Waals surface area contributed by atoms with Crippen LogP contribution in [0.4, 0.5) is 5.69 Å². The Morgan fingerprint density at radius 3 is 2.77 bits per heavy atom. The molecule has 0 bridgehead atoms. The van der Waals surface area contributed by atoms with Gasteiger partial charge in [0.05, 0.1) is 5.69 Å². The summed E-state index contributed by atoms with van der Waals surface area (Å²) < 4.78 is 5.69. The lowest BCUT2D eigenvalue weighted by Gasteiger charge is -2.40. The third kappa shape index (κ3) is 1.60. The highest BCUT2D eigenvalue weighted by Gasteiger charge is 2.49. The van der Waals surface area contributed by atoms with Crippen LogP contribution in [-0.2, 0) is 5.79 Å². The van der Waals surface area contributed by atoms with E-state index < -0.39 is 5.79 Å². The zero-order valence-corrected chi connectivity index (χ0v) is 11.9. The monoisotopic (exact) mass is 315 g/mol. The van der Waals surface area contributed by atoms with E-state index in [0.717, 1.165) is 0 Å². The number of allylic oxidation sites excluding steroid dienone is 1. The standard InChI is InChI=1S/C16H10ClNO4/c17-13-14(20)9-3-1-2-4-10(9)16(21)15(13)18-11-6-5-8(19)7-12(11)22-16/h1-7,18-19,21H. The third-order valence-electron chi connectivity index (χ3n) is 3.78. The van der Waals surface area contributed by atoms with Crippen molar-refractivity contribution in [3.8, 4) is 11.5 Å². The molecule has 4 rings (SSSR count). The summed E-state index contributed by atoms with van der Waals surface area (Å²) in [4.78, 5) is 12.3. The number of aromatic hydroxyl groups is 1. The number of ether oxygens (including phenoxy) is 1. The number of hydrogen-bond donors (Lipinski definition) is 3. The number of nitrogens with one attached hydrogen (secondary N) is 1. The molecule has 2 aliphatic rings. The Morgan fingerprint density at radius 1 is 1.18 bits per heavy atom. The molecule has 0 spiro atoms. The van der Waals surface area contributed by atoms with E-state index in [-0.39, 0.29) is 33.6 Å². The van der Waals surface area contributed by atoms with E-state index in [1.807, 2.05) is 0 Å². The first-order valence-corrected chi connectivity index (χ1v) is 6.94. The van der Waals surface area contributed by atoms with Crippen LogP contribution in [0.25, 0.3) is 0 Å². The van der Waals surface area contributed by atoms with Crippen molar-refractivity contribution < 1.29 is 19.7 Å². The van der Waals surface area contributed by atoms with Gasteiger partial charge in [0.15, 0.2) is 5.75 Å². The highest BCUT2D eigenvalue weighted by molar-refractivity contribution is 6.46. The molecule has 0 fully saturated rings. The van der Waals surface area contributed by atoms with Gasteiger partial charge in [0.1, 0.15) is 16.5 Å². The van der Waals surface area contributed by atoms with Crippen molar-refractivity contribution in [3.63, 3.8) is 0 Å². The first-order chi connectivity index (χ1) is 10.5. The van der Waals surface area contributed by atoms with Crippen LogP contribution in [0.2, 0.25) is 0 Å². The van der Waals surface area contributed by atoms with E-state index in [9.17, 15) is 15.0 Å². The van der Waals surface area contributed by atoms with Crippen LogP contribution in [0, 0.1) is 0 Å². The molecule has 0 amide bonds. The minimum absolute atomic E-state index is 0.00264. The summed E-state index contributed by atoms with van der Waals surface area (Å²) in [5, 5.41) is 23.4. The minimum Gasteiger partial charge on any atom is -0.508 e. The number of fused-ring (bicyclic) bond motifs is 4. The van der Waals surface area contributed by atoms with E-state index in [0.29, 0.717) is 11.3 Å². The number of Topliss-reactive ketones (excluding diaryl/α,β-unsaturated/α-hetero) is 1. The van der Waals surface area contributed by atoms with Gasteiger partial charge in [0.2, 0.25) is 5.78 Å². The molecule has 110 valence electrons. The number of carbonyl (C=O) groups is 1. The van der Waals surface area contributed by atoms with Gasteiger partial charge < -0.3 is 20.3 Å². The lowest BCUT2D eigenvalue weighted by molar-refractivity contribution is -0.115. The fourth-order valence-electron chi connectivity index (χ4n) is 2.73. The Hall–Kier alpha value is -2.50. The lowest BCUT2D eigenvalue weighted by Crippen LogP contribution is -2.45. The Kier molecular flexibility index (Phi) is 2.55. The number of hydrogen-bond acceptors (Lipinski definition) is 5. The molecule has 0 radical (unpaired) electrons. The second-order valence-corrected chi connectivity index (χ2v) is 5.49. The summed E-state index contributed by atoms with van der Waals surface area (Å²) in [5.41, 5.74) is 1.17. The maximum Gasteiger partial charge on any atom is 0.279 e. The molecule has 1 heterocycles. The van der Waals surface area contributed by atoms with Gasteiger partial charge in [-0.3, -0.25) is 4.79 Å². The van der Waals surface area contributed by atoms with Crippen molar-refractivity contribution in [1.82, 2.24) is 0 Å². The van der Waals surface area contributed by atoms with E-state index in [2.05, 4.69) is 5.32 Å². The predicted molar refractivity (Wildman–Crippen MR) is 79.9 cm³/mol. The number of rotatable bonds is 0. The lowest BCUT2D eigenvalue weighted by atomic mass is 9.87. The predicted octanol–water partition coefficient (Wildman–Crippen LogP) is 2.69. The maximum absolute atomic E-state index is 12.3. The second kappa shape index (κ2) is 4.25. The second-order valence-electron chi connectivity index (χ2n) is 5.12. The number of carbonyl (C=O) groups excluding carboxylic acids is 1. The molecule has 2 aromatic rings. The molecule has 5 nitrogen and oxygen atoms in total. The number of aliphatic hydroxyl groups is 1. The van der Waals surface area contributed by atoms with Gasteiger partial charge in [-0.1, -0.05) is 35.9 Å². The molecule has 1 aliphatic carbocycles. The van der Waals surface area contributed by atoms with Gasteiger partial charge >= 0.3 is 0 Å². The average molecular weight is 316 g/mol. The van der Waals surface area contributed by atoms with Gasteiger partial charge in [0.25, 0.3) is 5.79 Å². The van der Waals surface area contributed by atoms with Gasteiger partial charge in [-0.25, -0.2) is 0 Å². The summed E-state index contributed by atoms with van der Waals surface area (Å²) in [5.74, 6) is -2.01. The highest BCUT2D eigenvalue weighted by atomic mass is 35.5. The van der Waals surface area contributed by atoms with Crippen LogP contribution in [0.3, 0.4) is 0 Å². The molecule has 0 saturated heterocycles. The van der Waals surface area contributed by atoms with E-state index in [1.54, 1.807) is 30.3 Å². The van der Waals surface area contributed by atoms with Gasteiger partial charge in [0, 0.05) is 17.2 Å². The van der Waals surface area contributed by atoms with Crippen molar-refractivity contribution in [1.29, 1.82) is 0 Å². The number of ketones is 1. The van der Waals surface area contributed by atoms with Crippen molar-refractivity contribution in [2.45, 2.75) is 5.79 Å². The van der Waals surface area contributed by atoms with Crippen molar-refractivity contribution in [2.24, 2.45) is 0 Å². The Morgan fingerprint density at radius 2 is 1.95 bits per heavy atom. The zero-order valence-electron chi connectivity index (χ0n) is 11.1. The van der Waals surface area contributed by atoms with Crippen molar-refractivity contribution in [3.05, 3.63) is 64.3 Å². The smallest absolute Gasteiger partial charge is 0.279 e. The van der Waals surface area contributed by atoms with Crippen molar-refractivity contribution in [2.75, 3.05) is 5.32 Å². The summed E-state index contributed by atoms with van der Waals surface area (Å²) >= 11 is 6.13. The molecule has 0 aromatic heterocycles. The van der Waals surface area contributed by atoms with Crippen LogP contribution >= 0.6 is 11.6 Å². The van der Waals surface area contributed by atoms with E-state index in [1.165, 1.54) is 12.1 Å².